The second-order valence-corrected chi connectivity index (χ2v) is 5.32. The molecule has 0 saturated carbocycles. The van der Waals surface area contributed by atoms with Crippen LogP contribution >= 0.6 is 0 Å². The molecule has 0 spiro atoms. The number of Topliss-reactive ketones (excluding diaryl/α,β-unsaturated/α-hetero) is 1. The van der Waals surface area contributed by atoms with Crippen molar-refractivity contribution < 1.29 is 4.79 Å². The van der Waals surface area contributed by atoms with Crippen LogP contribution < -0.4 is 0 Å². The van der Waals surface area contributed by atoms with Gasteiger partial charge in [0.1, 0.15) is 5.78 Å². The van der Waals surface area contributed by atoms with E-state index in [1.165, 1.54) is 45.4 Å². The highest BCUT2D eigenvalue weighted by Gasteiger charge is 2.23. The number of ketones is 1. The largest absolute Gasteiger partial charge is 0.303 e. The van der Waals surface area contributed by atoms with Crippen molar-refractivity contribution in [3.63, 3.8) is 0 Å². The van der Waals surface area contributed by atoms with E-state index in [1.807, 2.05) is 0 Å². The van der Waals surface area contributed by atoms with Gasteiger partial charge in [-0.15, -0.1) is 0 Å². The Hall–Kier alpha value is -0.410. The van der Waals surface area contributed by atoms with Crippen LogP contribution in [0.2, 0.25) is 0 Å². The normalized spacial score (nSPS) is 28.8. The summed E-state index contributed by atoms with van der Waals surface area (Å²) in [5, 5.41) is 0. The molecule has 0 aliphatic carbocycles. The summed E-state index contributed by atoms with van der Waals surface area (Å²) in [6.45, 7) is 9.06. The zero-order chi connectivity index (χ0) is 11.4. The molecule has 0 aromatic rings. The zero-order valence-electron chi connectivity index (χ0n) is 10.5. The third-order valence-corrected chi connectivity index (χ3v) is 3.90. The summed E-state index contributed by atoms with van der Waals surface area (Å²) in [7, 11) is 0. The fourth-order valence-electron chi connectivity index (χ4n) is 2.82. The van der Waals surface area contributed by atoms with E-state index in [2.05, 4.69) is 16.7 Å². The first kappa shape index (κ1) is 12.1. The summed E-state index contributed by atoms with van der Waals surface area (Å²) in [5.74, 6) is 0.719. The van der Waals surface area contributed by atoms with Gasteiger partial charge in [-0.3, -0.25) is 4.79 Å². The minimum absolute atomic E-state index is 0.264. The first-order chi connectivity index (χ1) is 7.75. The molecule has 2 rings (SSSR count). The number of rotatable bonds is 4. The SMILES string of the molecule is CC1CN(CCCN2CCCC2)CCC1=O. The van der Waals surface area contributed by atoms with Gasteiger partial charge in [-0.1, -0.05) is 6.92 Å². The molecule has 2 fully saturated rings. The first-order valence-electron chi connectivity index (χ1n) is 6.73. The van der Waals surface area contributed by atoms with Crippen LogP contribution in [0.4, 0.5) is 0 Å². The fourth-order valence-corrected chi connectivity index (χ4v) is 2.82. The maximum absolute atomic E-state index is 11.4. The number of carbonyl (C=O) groups excluding carboxylic acids is 1. The van der Waals surface area contributed by atoms with Gasteiger partial charge in [0.25, 0.3) is 0 Å². The Balaban J connectivity index is 1.60. The average Bonchev–Trinajstić information content (AvgIpc) is 2.76. The smallest absolute Gasteiger partial charge is 0.138 e. The molecule has 0 radical (unpaired) electrons. The van der Waals surface area contributed by atoms with Crippen LogP contribution in [0.5, 0.6) is 0 Å². The molecule has 2 saturated heterocycles. The molecule has 16 heavy (non-hydrogen) atoms. The first-order valence-corrected chi connectivity index (χ1v) is 6.73. The van der Waals surface area contributed by atoms with Crippen molar-refractivity contribution in [2.75, 3.05) is 39.3 Å². The number of nitrogens with zero attached hydrogens (tertiary/aromatic N) is 2. The Labute approximate surface area is 98.8 Å². The molecule has 1 atom stereocenters. The maximum atomic E-state index is 11.4. The number of hydrogen-bond donors (Lipinski definition) is 0. The van der Waals surface area contributed by atoms with Gasteiger partial charge in [-0.2, -0.15) is 0 Å². The quantitative estimate of drug-likeness (QED) is 0.721. The van der Waals surface area contributed by atoms with Crippen LogP contribution in [-0.2, 0) is 4.79 Å². The Morgan fingerprint density at radius 3 is 2.50 bits per heavy atom. The van der Waals surface area contributed by atoms with Crippen LogP contribution in [0.25, 0.3) is 0 Å². The number of hydrogen-bond acceptors (Lipinski definition) is 3. The van der Waals surface area contributed by atoms with E-state index < -0.39 is 0 Å². The van der Waals surface area contributed by atoms with Gasteiger partial charge in [0.05, 0.1) is 0 Å². The maximum Gasteiger partial charge on any atom is 0.138 e. The van der Waals surface area contributed by atoms with Crippen LogP contribution in [0, 0.1) is 5.92 Å². The second-order valence-electron chi connectivity index (χ2n) is 5.32. The third kappa shape index (κ3) is 3.29. The van der Waals surface area contributed by atoms with E-state index in [-0.39, 0.29) is 5.92 Å². The molecule has 2 aliphatic heterocycles. The van der Waals surface area contributed by atoms with Crippen LogP contribution in [0.1, 0.15) is 32.6 Å². The topological polar surface area (TPSA) is 23.6 Å². The Morgan fingerprint density at radius 2 is 1.81 bits per heavy atom. The zero-order valence-corrected chi connectivity index (χ0v) is 10.5. The van der Waals surface area contributed by atoms with Crippen molar-refractivity contribution in [1.29, 1.82) is 0 Å². The molecule has 92 valence electrons. The van der Waals surface area contributed by atoms with E-state index in [4.69, 9.17) is 0 Å². The van der Waals surface area contributed by atoms with Gasteiger partial charge in [0.15, 0.2) is 0 Å². The molecule has 0 amide bonds. The summed E-state index contributed by atoms with van der Waals surface area (Å²) in [6.07, 6.45) is 4.80. The lowest BCUT2D eigenvalue weighted by atomic mass is 9.98. The third-order valence-electron chi connectivity index (χ3n) is 3.90. The van der Waals surface area contributed by atoms with Crippen molar-refractivity contribution in [3.8, 4) is 0 Å². The van der Waals surface area contributed by atoms with Crippen LogP contribution in [0.3, 0.4) is 0 Å². The molecule has 3 heteroatoms. The van der Waals surface area contributed by atoms with E-state index in [9.17, 15) is 4.79 Å². The van der Waals surface area contributed by atoms with Gasteiger partial charge in [0.2, 0.25) is 0 Å². The predicted octanol–water partition coefficient (Wildman–Crippen LogP) is 1.38. The van der Waals surface area contributed by atoms with Gasteiger partial charge in [-0.05, 0) is 45.4 Å². The molecule has 0 N–H and O–H groups in total. The monoisotopic (exact) mass is 224 g/mol. The van der Waals surface area contributed by atoms with Crippen molar-refractivity contribution >= 4 is 5.78 Å². The molecule has 2 aliphatic rings. The van der Waals surface area contributed by atoms with Crippen LogP contribution in [-0.4, -0.2) is 54.9 Å². The standard InChI is InChI=1S/C13H24N2O/c1-12-11-15(10-5-13(12)16)9-4-8-14-6-2-3-7-14/h12H,2-11H2,1H3. The van der Waals surface area contributed by atoms with Crippen molar-refractivity contribution in [2.24, 2.45) is 5.92 Å². The predicted molar refractivity (Wildman–Crippen MR) is 65.5 cm³/mol. The number of carbonyl (C=O) groups is 1. The average molecular weight is 224 g/mol. The molecule has 0 aromatic carbocycles. The van der Waals surface area contributed by atoms with Crippen molar-refractivity contribution in [3.05, 3.63) is 0 Å². The highest BCUT2D eigenvalue weighted by atomic mass is 16.1. The van der Waals surface area contributed by atoms with Crippen molar-refractivity contribution in [2.45, 2.75) is 32.6 Å². The van der Waals surface area contributed by atoms with Crippen molar-refractivity contribution in [1.82, 2.24) is 9.80 Å². The Kier molecular flexibility index (Phi) is 4.36. The lowest BCUT2D eigenvalue weighted by molar-refractivity contribution is -0.125. The summed E-state index contributed by atoms with van der Waals surface area (Å²) in [6, 6.07) is 0. The minimum atomic E-state index is 0.264. The van der Waals surface area contributed by atoms with E-state index in [0.29, 0.717) is 5.78 Å². The molecular formula is C13H24N2O. The highest BCUT2D eigenvalue weighted by molar-refractivity contribution is 5.81. The highest BCUT2D eigenvalue weighted by Crippen LogP contribution is 2.13. The fraction of sp³-hybridized carbons (Fsp3) is 0.923. The Bertz CT molecular complexity index is 236. The van der Waals surface area contributed by atoms with Gasteiger partial charge in [0, 0.05) is 25.4 Å². The minimum Gasteiger partial charge on any atom is -0.303 e. The van der Waals surface area contributed by atoms with E-state index in [1.54, 1.807) is 0 Å². The Morgan fingerprint density at radius 1 is 1.12 bits per heavy atom. The van der Waals surface area contributed by atoms with Gasteiger partial charge >= 0.3 is 0 Å². The molecular weight excluding hydrogens is 200 g/mol. The molecule has 0 aromatic heterocycles. The summed E-state index contributed by atoms with van der Waals surface area (Å²) in [5.41, 5.74) is 0. The number of piperidine rings is 1. The lowest BCUT2D eigenvalue weighted by Gasteiger charge is -2.30. The van der Waals surface area contributed by atoms with Gasteiger partial charge < -0.3 is 9.80 Å². The summed E-state index contributed by atoms with van der Waals surface area (Å²) < 4.78 is 0. The molecule has 3 nitrogen and oxygen atoms in total. The molecule has 0 bridgehead atoms. The molecule has 2 heterocycles. The lowest BCUT2D eigenvalue weighted by Crippen LogP contribution is -2.40. The van der Waals surface area contributed by atoms with E-state index >= 15 is 0 Å². The second kappa shape index (κ2) is 5.78. The summed E-state index contributed by atoms with van der Waals surface area (Å²) >= 11 is 0. The summed E-state index contributed by atoms with van der Waals surface area (Å²) in [4.78, 5) is 16.4. The number of likely N-dealkylation sites (tertiary alicyclic amines) is 2. The molecule has 1 unspecified atom stereocenters. The van der Waals surface area contributed by atoms with E-state index in [0.717, 1.165) is 19.5 Å². The van der Waals surface area contributed by atoms with Crippen LogP contribution in [0.15, 0.2) is 0 Å². The van der Waals surface area contributed by atoms with Gasteiger partial charge in [-0.25, -0.2) is 0 Å².